The summed E-state index contributed by atoms with van der Waals surface area (Å²) in [4.78, 5) is 13.0. The molecule has 0 unspecified atom stereocenters. The summed E-state index contributed by atoms with van der Waals surface area (Å²) in [7, 11) is 0. The minimum absolute atomic E-state index is 0. The lowest BCUT2D eigenvalue weighted by atomic mass is 9.74. The predicted octanol–water partition coefficient (Wildman–Crippen LogP) is 6.68. The van der Waals surface area contributed by atoms with Crippen molar-refractivity contribution >= 4 is 41.6 Å². The molecule has 0 aliphatic carbocycles. The van der Waals surface area contributed by atoms with Gasteiger partial charge in [0.15, 0.2) is 11.5 Å². The van der Waals surface area contributed by atoms with E-state index >= 15 is 4.39 Å². The number of rotatable bonds is 9. The first-order valence-electron chi connectivity index (χ1n) is 11.8. The van der Waals surface area contributed by atoms with Crippen LogP contribution in [0.5, 0.6) is 11.5 Å². The number of likely N-dealkylation sites (tertiary alicyclic amines) is 1. The third-order valence-corrected chi connectivity index (χ3v) is 7.65. The number of benzene rings is 2. The van der Waals surface area contributed by atoms with Crippen molar-refractivity contribution in [3.05, 3.63) is 56.8 Å². The van der Waals surface area contributed by atoms with Gasteiger partial charge in [0.1, 0.15) is 6.61 Å². The van der Waals surface area contributed by atoms with Gasteiger partial charge in [-0.15, -0.1) is 12.4 Å². The Balaban J connectivity index is 0.00000342. The molecule has 1 fully saturated rings. The Morgan fingerprint density at radius 2 is 1.91 bits per heavy atom. The van der Waals surface area contributed by atoms with E-state index in [0.29, 0.717) is 28.8 Å². The van der Waals surface area contributed by atoms with Crippen LogP contribution in [0.4, 0.5) is 4.39 Å². The Morgan fingerprint density at radius 1 is 1.23 bits per heavy atom. The number of fused-ring (bicyclic) bond motifs is 2. The molecule has 2 heterocycles. The smallest absolute Gasteiger partial charge is 0.304 e. The Bertz CT molecular complexity index is 1030. The molecule has 2 aromatic rings. The molecule has 9 heteroatoms. The van der Waals surface area contributed by atoms with Crippen LogP contribution in [0.2, 0.25) is 10.0 Å². The van der Waals surface area contributed by atoms with E-state index in [1.807, 2.05) is 18.2 Å². The molecular weight excluding hydrogens is 516 g/mol. The van der Waals surface area contributed by atoms with Gasteiger partial charge in [-0.25, -0.2) is 0 Å². The highest BCUT2D eigenvalue weighted by atomic mass is 35.5. The van der Waals surface area contributed by atoms with E-state index in [1.165, 1.54) is 0 Å². The van der Waals surface area contributed by atoms with Crippen molar-refractivity contribution in [2.45, 2.75) is 57.5 Å². The van der Waals surface area contributed by atoms with Gasteiger partial charge in [0.2, 0.25) is 5.82 Å². The highest BCUT2D eigenvalue weighted by Crippen LogP contribution is 2.48. The molecule has 5 nitrogen and oxygen atoms in total. The number of carboxylic acid groups (broad SMARTS) is 1. The van der Waals surface area contributed by atoms with Gasteiger partial charge in [0.25, 0.3) is 0 Å². The lowest BCUT2D eigenvalue weighted by Crippen LogP contribution is -2.44. The van der Waals surface area contributed by atoms with Crippen molar-refractivity contribution in [3.8, 4) is 11.5 Å². The van der Waals surface area contributed by atoms with Crippen LogP contribution in [-0.2, 0) is 23.2 Å². The Kier molecular flexibility index (Phi) is 9.55. The highest BCUT2D eigenvalue weighted by molar-refractivity contribution is 6.36. The maximum absolute atomic E-state index is 15.3. The van der Waals surface area contributed by atoms with Crippen LogP contribution in [0.15, 0.2) is 24.3 Å². The Labute approximate surface area is 221 Å². The van der Waals surface area contributed by atoms with Crippen LogP contribution in [0.25, 0.3) is 0 Å². The van der Waals surface area contributed by atoms with Gasteiger partial charge >= 0.3 is 5.97 Å². The van der Waals surface area contributed by atoms with Gasteiger partial charge in [0.05, 0.1) is 13.0 Å². The second-order valence-electron chi connectivity index (χ2n) is 9.24. The average molecular weight is 547 g/mol. The molecule has 2 aliphatic heterocycles. The third-order valence-electron chi connectivity index (χ3n) is 6.97. The number of unbranched alkanes of at least 4 members (excludes halogenated alkanes) is 1. The second-order valence-corrected chi connectivity index (χ2v) is 10.1. The van der Waals surface area contributed by atoms with E-state index in [1.54, 1.807) is 6.07 Å². The van der Waals surface area contributed by atoms with E-state index < -0.39 is 11.8 Å². The molecule has 1 spiro atoms. The number of ether oxygens (including phenoxy) is 2. The summed E-state index contributed by atoms with van der Waals surface area (Å²) in [5.74, 6) is -0.936. The Morgan fingerprint density at radius 3 is 2.54 bits per heavy atom. The maximum Gasteiger partial charge on any atom is 0.304 e. The zero-order valence-electron chi connectivity index (χ0n) is 19.7. The molecule has 0 amide bonds. The zero-order chi connectivity index (χ0) is 24.3. The fourth-order valence-electron chi connectivity index (χ4n) is 4.84. The fraction of sp³-hybridized carbons (Fsp3) is 0.500. The molecule has 4 rings (SSSR count). The molecule has 2 aliphatic rings. The molecular formula is C26H31Cl3FNO4. The number of piperidine rings is 1. The normalized spacial score (nSPS) is 16.5. The molecule has 35 heavy (non-hydrogen) atoms. The average Bonchev–Trinajstić information content (AvgIpc) is 3.16. The van der Waals surface area contributed by atoms with Crippen LogP contribution < -0.4 is 9.47 Å². The van der Waals surface area contributed by atoms with Crippen LogP contribution in [0.1, 0.15) is 55.7 Å². The van der Waals surface area contributed by atoms with Gasteiger partial charge in [0, 0.05) is 33.1 Å². The quantitative estimate of drug-likeness (QED) is 0.380. The molecule has 1 N–H and O–H groups in total. The summed E-state index contributed by atoms with van der Waals surface area (Å²) >= 11 is 12.9. The first kappa shape index (κ1) is 27.9. The summed E-state index contributed by atoms with van der Waals surface area (Å²) in [6.45, 7) is 4.68. The van der Waals surface area contributed by atoms with Crippen LogP contribution in [0, 0.1) is 5.82 Å². The van der Waals surface area contributed by atoms with E-state index in [-0.39, 0.29) is 42.3 Å². The minimum Gasteiger partial charge on any atom is -0.489 e. The first-order chi connectivity index (χ1) is 16.3. The third kappa shape index (κ3) is 6.16. The summed E-state index contributed by atoms with van der Waals surface area (Å²) in [5, 5.41) is 9.95. The summed E-state index contributed by atoms with van der Waals surface area (Å²) in [5.41, 5.74) is 2.34. The molecule has 0 atom stereocenters. The lowest BCUT2D eigenvalue weighted by molar-refractivity contribution is -0.137. The monoisotopic (exact) mass is 545 g/mol. The van der Waals surface area contributed by atoms with Crippen molar-refractivity contribution in [2.24, 2.45) is 0 Å². The maximum atomic E-state index is 15.3. The minimum atomic E-state index is -0.792. The van der Waals surface area contributed by atoms with Crippen LogP contribution >= 0.6 is 35.6 Å². The largest absolute Gasteiger partial charge is 0.489 e. The number of halogens is 4. The number of carbonyl (C=O) groups is 1. The molecule has 0 radical (unpaired) electrons. The molecule has 0 bridgehead atoms. The van der Waals surface area contributed by atoms with Crippen molar-refractivity contribution in [2.75, 3.05) is 26.2 Å². The topological polar surface area (TPSA) is 59.0 Å². The number of aryl methyl sites for hydroxylation is 1. The number of nitrogens with zero attached hydrogens (tertiary/aromatic N) is 1. The Hall–Kier alpha value is -1.73. The van der Waals surface area contributed by atoms with E-state index in [2.05, 4.69) is 11.8 Å². The molecule has 192 valence electrons. The standard InChI is InChI=1S/C26H30Cl2FNO4.ClH/c1-2-3-4-17-13-20(27)18(21(28)14-17)15-33-22-6-5-19-25(24(22)29)34-16-26(19)8-11-30(12-9-26)10-7-23(31)32;/h5-6,13-14H,2-4,7-12,15-16H2,1H3,(H,31,32);1H. The molecule has 0 aromatic heterocycles. The van der Waals surface area contributed by atoms with Crippen molar-refractivity contribution < 1.29 is 23.8 Å². The number of aliphatic carboxylic acids is 1. The van der Waals surface area contributed by atoms with Gasteiger partial charge in [-0.3, -0.25) is 4.79 Å². The van der Waals surface area contributed by atoms with Gasteiger partial charge in [-0.05, 0) is 62.5 Å². The molecule has 1 saturated heterocycles. The summed E-state index contributed by atoms with van der Waals surface area (Å²) in [6.07, 6.45) is 4.79. The van der Waals surface area contributed by atoms with Gasteiger partial charge in [-0.2, -0.15) is 4.39 Å². The van der Waals surface area contributed by atoms with Crippen molar-refractivity contribution in [1.29, 1.82) is 0 Å². The summed E-state index contributed by atoms with van der Waals surface area (Å²) in [6, 6.07) is 7.34. The SMILES string of the molecule is CCCCc1cc(Cl)c(COc2ccc3c(c2F)OCC32CCN(CCC(=O)O)CC2)c(Cl)c1.Cl. The van der Waals surface area contributed by atoms with E-state index in [0.717, 1.165) is 56.3 Å². The van der Waals surface area contributed by atoms with E-state index in [9.17, 15) is 4.79 Å². The predicted molar refractivity (Wildman–Crippen MR) is 138 cm³/mol. The van der Waals surface area contributed by atoms with Gasteiger partial charge < -0.3 is 19.5 Å². The first-order valence-corrected chi connectivity index (χ1v) is 12.6. The second kappa shape index (κ2) is 12.0. The van der Waals surface area contributed by atoms with Crippen molar-refractivity contribution in [3.63, 3.8) is 0 Å². The zero-order valence-corrected chi connectivity index (χ0v) is 22.1. The number of carboxylic acids is 1. The van der Waals surface area contributed by atoms with E-state index in [4.69, 9.17) is 37.8 Å². The van der Waals surface area contributed by atoms with Crippen LogP contribution in [0.3, 0.4) is 0 Å². The molecule has 0 saturated carbocycles. The van der Waals surface area contributed by atoms with Crippen LogP contribution in [-0.4, -0.2) is 42.2 Å². The molecule has 2 aromatic carbocycles. The van der Waals surface area contributed by atoms with Gasteiger partial charge in [-0.1, -0.05) is 42.6 Å². The number of hydrogen-bond acceptors (Lipinski definition) is 4. The van der Waals surface area contributed by atoms with Crippen molar-refractivity contribution in [1.82, 2.24) is 4.90 Å². The lowest BCUT2D eigenvalue weighted by Gasteiger charge is -2.38. The highest BCUT2D eigenvalue weighted by Gasteiger charge is 2.44. The fourth-order valence-corrected chi connectivity index (χ4v) is 5.48. The summed E-state index contributed by atoms with van der Waals surface area (Å²) < 4.78 is 26.9. The number of hydrogen-bond donors (Lipinski definition) is 1.